The maximum absolute atomic E-state index is 11.7. The number of primary amides is 1. The highest BCUT2D eigenvalue weighted by Gasteiger charge is 2.07. The molecule has 0 aliphatic rings. The van der Waals surface area contributed by atoms with E-state index in [-0.39, 0.29) is 12.6 Å². The number of unbranched alkanes of at least 4 members (excludes halogenated alkanes) is 2. The lowest BCUT2D eigenvalue weighted by molar-refractivity contribution is -0.145. The number of carbonyl (C=O) groups is 2. The van der Waals surface area contributed by atoms with E-state index < -0.39 is 6.03 Å². The maximum atomic E-state index is 11.7. The van der Waals surface area contributed by atoms with Gasteiger partial charge in [0.2, 0.25) is 0 Å². The number of hydrogen-bond donors (Lipinski definition) is 2. The van der Waals surface area contributed by atoms with E-state index >= 15 is 0 Å². The number of nitrogens with two attached hydrogens (primary N) is 1. The maximum Gasteiger partial charge on any atom is 0.312 e. The van der Waals surface area contributed by atoms with Gasteiger partial charge in [-0.1, -0.05) is 36.8 Å². The standard InChI is InChI=1S/C17H21N3O3S/c18-17(22)19-10-6-2-5-9-15(21)23-11-14-12-24-16(20-14)13-7-3-1-4-8-13/h1,3-4,7-8,12H,2,5-6,9-11H2,(H3,18,19,22). The predicted octanol–water partition coefficient (Wildman–Crippen LogP) is 3.08. The number of rotatable bonds is 9. The Balaban J connectivity index is 1.64. The molecule has 0 saturated heterocycles. The molecule has 0 aliphatic heterocycles. The average Bonchev–Trinajstić information content (AvgIpc) is 3.06. The van der Waals surface area contributed by atoms with Crippen LogP contribution in [0.3, 0.4) is 0 Å². The Morgan fingerprint density at radius 1 is 1.17 bits per heavy atom. The zero-order chi connectivity index (χ0) is 17.2. The van der Waals surface area contributed by atoms with Crippen molar-refractivity contribution in [2.45, 2.75) is 32.3 Å². The Kier molecular flexibility index (Phi) is 7.22. The molecule has 2 amide bonds. The van der Waals surface area contributed by atoms with Crippen LogP contribution >= 0.6 is 11.3 Å². The molecule has 128 valence electrons. The highest BCUT2D eigenvalue weighted by atomic mass is 32.1. The zero-order valence-corrected chi connectivity index (χ0v) is 14.2. The van der Waals surface area contributed by atoms with Crippen molar-refractivity contribution in [1.29, 1.82) is 0 Å². The summed E-state index contributed by atoms with van der Waals surface area (Å²) in [5, 5.41) is 5.34. The first-order valence-corrected chi connectivity index (χ1v) is 8.72. The fourth-order valence-corrected chi connectivity index (χ4v) is 2.91. The molecule has 2 rings (SSSR count). The molecule has 0 bridgehead atoms. The smallest absolute Gasteiger partial charge is 0.312 e. The van der Waals surface area contributed by atoms with Gasteiger partial charge in [0.05, 0.1) is 5.69 Å². The number of amides is 2. The molecule has 7 heteroatoms. The average molecular weight is 347 g/mol. The van der Waals surface area contributed by atoms with E-state index in [1.807, 2.05) is 35.7 Å². The van der Waals surface area contributed by atoms with E-state index in [1.165, 1.54) is 11.3 Å². The number of aromatic nitrogens is 1. The summed E-state index contributed by atoms with van der Waals surface area (Å²) in [5.74, 6) is -0.230. The summed E-state index contributed by atoms with van der Waals surface area (Å²) in [6, 6.07) is 9.38. The van der Waals surface area contributed by atoms with Gasteiger partial charge in [0.25, 0.3) is 0 Å². The van der Waals surface area contributed by atoms with Gasteiger partial charge in [-0.3, -0.25) is 4.79 Å². The second-order valence-electron chi connectivity index (χ2n) is 5.27. The molecule has 0 saturated carbocycles. The lowest BCUT2D eigenvalue weighted by atomic mass is 10.2. The molecule has 6 nitrogen and oxygen atoms in total. The van der Waals surface area contributed by atoms with Crippen LogP contribution in [0.1, 0.15) is 31.4 Å². The fourth-order valence-electron chi connectivity index (χ4n) is 2.10. The third-order valence-electron chi connectivity index (χ3n) is 3.31. The van der Waals surface area contributed by atoms with E-state index in [2.05, 4.69) is 10.3 Å². The fraction of sp³-hybridized carbons (Fsp3) is 0.353. The molecule has 24 heavy (non-hydrogen) atoms. The molecule has 3 N–H and O–H groups in total. The molecule has 0 unspecified atom stereocenters. The van der Waals surface area contributed by atoms with Crippen LogP contribution < -0.4 is 11.1 Å². The topological polar surface area (TPSA) is 94.3 Å². The first-order valence-electron chi connectivity index (χ1n) is 7.84. The minimum Gasteiger partial charge on any atom is -0.459 e. The van der Waals surface area contributed by atoms with Gasteiger partial charge in [0, 0.05) is 23.9 Å². The number of benzene rings is 1. The highest BCUT2D eigenvalue weighted by Crippen LogP contribution is 2.23. The Bertz CT molecular complexity index is 658. The molecular formula is C17H21N3O3S. The Labute approximate surface area is 145 Å². The van der Waals surface area contributed by atoms with Gasteiger partial charge in [0.1, 0.15) is 11.6 Å². The molecular weight excluding hydrogens is 326 g/mol. The molecule has 0 atom stereocenters. The SMILES string of the molecule is NC(=O)NCCCCCC(=O)OCc1csc(-c2ccccc2)n1. The second kappa shape index (κ2) is 9.67. The van der Waals surface area contributed by atoms with Crippen molar-refractivity contribution >= 4 is 23.3 Å². The van der Waals surface area contributed by atoms with E-state index in [0.29, 0.717) is 13.0 Å². The van der Waals surface area contributed by atoms with Crippen LogP contribution in [0.5, 0.6) is 0 Å². The summed E-state index contributed by atoms with van der Waals surface area (Å²) in [7, 11) is 0. The number of carbonyl (C=O) groups excluding carboxylic acids is 2. The van der Waals surface area contributed by atoms with Gasteiger partial charge in [-0.2, -0.15) is 0 Å². The van der Waals surface area contributed by atoms with E-state index in [9.17, 15) is 9.59 Å². The van der Waals surface area contributed by atoms with Gasteiger partial charge in [-0.15, -0.1) is 11.3 Å². The molecule has 1 aromatic heterocycles. The largest absolute Gasteiger partial charge is 0.459 e. The molecule has 0 spiro atoms. The number of esters is 1. The van der Waals surface area contributed by atoms with Crippen LogP contribution in [0, 0.1) is 0 Å². The van der Waals surface area contributed by atoms with Crippen molar-refractivity contribution in [3.63, 3.8) is 0 Å². The normalized spacial score (nSPS) is 10.3. The van der Waals surface area contributed by atoms with E-state index in [1.54, 1.807) is 0 Å². The molecule has 0 aliphatic carbocycles. The first kappa shape index (κ1) is 17.9. The summed E-state index contributed by atoms with van der Waals surface area (Å²) in [4.78, 5) is 26.7. The zero-order valence-electron chi connectivity index (χ0n) is 13.4. The van der Waals surface area contributed by atoms with Crippen molar-refractivity contribution in [3.05, 3.63) is 41.4 Å². The van der Waals surface area contributed by atoms with Crippen LogP contribution in [0.4, 0.5) is 4.79 Å². The minimum atomic E-state index is -0.521. The van der Waals surface area contributed by atoms with Gasteiger partial charge in [-0.25, -0.2) is 9.78 Å². The lowest BCUT2D eigenvalue weighted by Crippen LogP contribution is -2.29. The van der Waals surface area contributed by atoms with Crippen molar-refractivity contribution < 1.29 is 14.3 Å². The number of ether oxygens (including phenoxy) is 1. The number of nitrogens with zero attached hydrogens (tertiary/aromatic N) is 1. The Morgan fingerprint density at radius 2 is 1.96 bits per heavy atom. The number of thiazole rings is 1. The summed E-state index contributed by atoms with van der Waals surface area (Å²) < 4.78 is 5.24. The van der Waals surface area contributed by atoms with Crippen LogP contribution in [0.15, 0.2) is 35.7 Å². The number of nitrogens with one attached hydrogen (secondary N) is 1. The molecule has 0 radical (unpaired) electrons. The van der Waals surface area contributed by atoms with Crippen LogP contribution in [-0.4, -0.2) is 23.5 Å². The minimum absolute atomic E-state index is 0.200. The molecule has 2 aromatic rings. The van der Waals surface area contributed by atoms with Crippen molar-refractivity contribution in [1.82, 2.24) is 10.3 Å². The Morgan fingerprint density at radius 3 is 2.71 bits per heavy atom. The van der Waals surface area contributed by atoms with Gasteiger partial charge in [-0.05, 0) is 12.8 Å². The summed E-state index contributed by atoms with van der Waals surface area (Å²) in [6.07, 6.45) is 2.73. The summed E-state index contributed by atoms with van der Waals surface area (Å²) >= 11 is 1.54. The summed E-state index contributed by atoms with van der Waals surface area (Å²) in [5.41, 5.74) is 6.78. The van der Waals surface area contributed by atoms with E-state index in [4.69, 9.17) is 10.5 Å². The quantitative estimate of drug-likeness (QED) is 0.538. The predicted molar refractivity (Wildman–Crippen MR) is 93.4 cm³/mol. The monoisotopic (exact) mass is 347 g/mol. The lowest BCUT2D eigenvalue weighted by Gasteiger charge is -2.03. The van der Waals surface area contributed by atoms with Gasteiger partial charge in [0.15, 0.2) is 0 Å². The van der Waals surface area contributed by atoms with Crippen molar-refractivity contribution in [3.8, 4) is 10.6 Å². The van der Waals surface area contributed by atoms with E-state index in [0.717, 1.165) is 35.5 Å². The molecule has 1 heterocycles. The third kappa shape index (κ3) is 6.37. The van der Waals surface area contributed by atoms with Crippen LogP contribution in [-0.2, 0) is 16.1 Å². The number of urea groups is 1. The number of hydrogen-bond acceptors (Lipinski definition) is 5. The molecule has 0 fully saturated rings. The molecule has 1 aromatic carbocycles. The first-order chi connectivity index (χ1) is 11.6. The van der Waals surface area contributed by atoms with Gasteiger partial charge >= 0.3 is 12.0 Å². The van der Waals surface area contributed by atoms with Gasteiger partial charge < -0.3 is 15.8 Å². The van der Waals surface area contributed by atoms with Crippen LogP contribution in [0.25, 0.3) is 10.6 Å². The van der Waals surface area contributed by atoms with Crippen molar-refractivity contribution in [2.24, 2.45) is 5.73 Å². The van der Waals surface area contributed by atoms with Crippen LogP contribution in [0.2, 0.25) is 0 Å². The summed E-state index contributed by atoms with van der Waals surface area (Å²) in [6.45, 7) is 0.733. The third-order valence-corrected chi connectivity index (χ3v) is 4.25. The Hall–Kier alpha value is -2.41. The highest BCUT2D eigenvalue weighted by molar-refractivity contribution is 7.13. The second-order valence-corrected chi connectivity index (χ2v) is 6.13. The van der Waals surface area contributed by atoms with Crippen molar-refractivity contribution in [2.75, 3.05) is 6.54 Å².